The Kier molecular flexibility index (Phi) is 5.40. The van der Waals surface area contributed by atoms with E-state index in [0.29, 0.717) is 5.88 Å². The van der Waals surface area contributed by atoms with E-state index in [0.717, 1.165) is 25.1 Å². The van der Waals surface area contributed by atoms with Gasteiger partial charge in [-0.05, 0) is 49.8 Å². The van der Waals surface area contributed by atoms with Gasteiger partial charge in [0.2, 0.25) is 5.88 Å². The van der Waals surface area contributed by atoms with E-state index in [2.05, 4.69) is 27.2 Å². The van der Waals surface area contributed by atoms with Gasteiger partial charge >= 0.3 is 0 Å². The summed E-state index contributed by atoms with van der Waals surface area (Å²) in [6.07, 6.45) is 14.4. The lowest BCUT2D eigenvalue weighted by Gasteiger charge is -2.23. The standard InChI is InChI=1S/C18H24N4O/c1-2-16(14-8-10-19-11-9-14)21-17-12-20-13-18(22-17)23-15-6-4-3-5-7-15/h8-13,15-16H,2-7H2,1H3,(H,21,22). The largest absolute Gasteiger partial charge is 0.473 e. The lowest BCUT2D eigenvalue weighted by molar-refractivity contribution is 0.148. The molecule has 1 aliphatic carbocycles. The van der Waals surface area contributed by atoms with Crippen LogP contribution >= 0.6 is 0 Å². The molecule has 2 heterocycles. The predicted octanol–water partition coefficient (Wildman–Crippen LogP) is 4.15. The van der Waals surface area contributed by atoms with Crippen molar-refractivity contribution >= 4 is 5.82 Å². The summed E-state index contributed by atoms with van der Waals surface area (Å²) < 4.78 is 5.99. The van der Waals surface area contributed by atoms with E-state index in [-0.39, 0.29) is 12.1 Å². The number of nitrogens with one attached hydrogen (secondary N) is 1. The molecule has 0 radical (unpaired) electrons. The quantitative estimate of drug-likeness (QED) is 0.868. The van der Waals surface area contributed by atoms with Crippen LogP contribution < -0.4 is 10.1 Å². The van der Waals surface area contributed by atoms with Gasteiger partial charge in [0, 0.05) is 12.4 Å². The highest BCUT2D eigenvalue weighted by atomic mass is 16.5. The van der Waals surface area contributed by atoms with Gasteiger partial charge in [0.05, 0.1) is 18.4 Å². The zero-order valence-corrected chi connectivity index (χ0v) is 13.6. The van der Waals surface area contributed by atoms with Crippen LogP contribution in [0.4, 0.5) is 5.82 Å². The van der Waals surface area contributed by atoms with Crippen molar-refractivity contribution in [3.63, 3.8) is 0 Å². The molecule has 5 nitrogen and oxygen atoms in total. The van der Waals surface area contributed by atoms with Crippen LogP contribution in [-0.4, -0.2) is 21.1 Å². The van der Waals surface area contributed by atoms with Crippen LogP contribution in [0.2, 0.25) is 0 Å². The lowest BCUT2D eigenvalue weighted by atomic mass is 9.98. The van der Waals surface area contributed by atoms with E-state index in [1.54, 1.807) is 12.4 Å². The Balaban J connectivity index is 1.66. The number of anilines is 1. The van der Waals surface area contributed by atoms with Crippen molar-refractivity contribution in [3.8, 4) is 5.88 Å². The summed E-state index contributed by atoms with van der Waals surface area (Å²) >= 11 is 0. The summed E-state index contributed by atoms with van der Waals surface area (Å²) in [6.45, 7) is 2.15. The summed E-state index contributed by atoms with van der Waals surface area (Å²) in [6, 6.07) is 4.24. The van der Waals surface area contributed by atoms with Crippen LogP contribution in [0.25, 0.3) is 0 Å². The Morgan fingerprint density at radius 3 is 2.65 bits per heavy atom. The molecule has 3 rings (SSSR count). The molecule has 1 aliphatic rings. The molecule has 0 aromatic carbocycles. The minimum atomic E-state index is 0.192. The maximum absolute atomic E-state index is 5.99. The first-order valence-corrected chi connectivity index (χ1v) is 8.50. The molecule has 0 bridgehead atoms. The highest BCUT2D eigenvalue weighted by molar-refractivity contribution is 5.37. The van der Waals surface area contributed by atoms with Crippen LogP contribution in [-0.2, 0) is 0 Å². The second kappa shape index (κ2) is 7.90. The SMILES string of the molecule is CCC(Nc1cncc(OC2CCCCC2)n1)c1ccncc1. The van der Waals surface area contributed by atoms with Gasteiger partial charge in [-0.2, -0.15) is 4.98 Å². The number of rotatable bonds is 6. The Morgan fingerprint density at radius 2 is 1.91 bits per heavy atom. The fourth-order valence-corrected chi connectivity index (χ4v) is 3.02. The van der Waals surface area contributed by atoms with Gasteiger partial charge in [-0.3, -0.25) is 9.97 Å². The van der Waals surface area contributed by atoms with E-state index in [1.165, 1.54) is 24.8 Å². The summed E-state index contributed by atoms with van der Waals surface area (Å²) in [5.41, 5.74) is 1.20. The van der Waals surface area contributed by atoms with Crippen molar-refractivity contribution in [2.45, 2.75) is 57.6 Å². The number of hydrogen-bond acceptors (Lipinski definition) is 5. The molecule has 2 aromatic rings. The molecule has 122 valence electrons. The molecule has 2 aromatic heterocycles. The molecule has 0 aliphatic heterocycles. The molecule has 1 fully saturated rings. The van der Waals surface area contributed by atoms with Crippen LogP contribution in [0.5, 0.6) is 5.88 Å². The molecule has 5 heteroatoms. The molecule has 23 heavy (non-hydrogen) atoms. The van der Waals surface area contributed by atoms with Gasteiger partial charge < -0.3 is 10.1 Å². The Labute approximate surface area is 137 Å². The first-order chi connectivity index (χ1) is 11.3. The zero-order valence-electron chi connectivity index (χ0n) is 13.6. The number of pyridine rings is 1. The van der Waals surface area contributed by atoms with Crippen molar-refractivity contribution in [1.29, 1.82) is 0 Å². The molecule has 1 saturated carbocycles. The topological polar surface area (TPSA) is 59.9 Å². The zero-order chi connectivity index (χ0) is 15.9. The third-order valence-electron chi connectivity index (χ3n) is 4.29. The average molecular weight is 312 g/mol. The molecular formula is C18H24N4O. The third-order valence-corrected chi connectivity index (χ3v) is 4.29. The van der Waals surface area contributed by atoms with E-state index in [9.17, 15) is 0 Å². The smallest absolute Gasteiger partial charge is 0.234 e. The Hall–Kier alpha value is -2.17. The van der Waals surface area contributed by atoms with E-state index in [1.807, 2.05) is 24.5 Å². The number of hydrogen-bond donors (Lipinski definition) is 1. The first kappa shape index (κ1) is 15.7. The molecule has 0 amide bonds. The molecule has 1 atom stereocenters. The summed E-state index contributed by atoms with van der Waals surface area (Å²) in [4.78, 5) is 12.9. The van der Waals surface area contributed by atoms with E-state index < -0.39 is 0 Å². The van der Waals surface area contributed by atoms with Gasteiger partial charge in [0.25, 0.3) is 0 Å². The van der Waals surface area contributed by atoms with Crippen molar-refractivity contribution in [2.24, 2.45) is 0 Å². The molecule has 0 spiro atoms. The van der Waals surface area contributed by atoms with Crippen LogP contribution in [0, 0.1) is 0 Å². The van der Waals surface area contributed by atoms with Crippen molar-refractivity contribution in [1.82, 2.24) is 15.0 Å². The van der Waals surface area contributed by atoms with E-state index in [4.69, 9.17) is 4.74 Å². The van der Waals surface area contributed by atoms with Crippen LogP contribution in [0.3, 0.4) is 0 Å². The maximum atomic E-state index is 5.99. The fourth-order valence-electron chi connectivity index (χ4n) is 3.02. The molecule has 1 unspecified atom stereocenters. The minimum Gasteiger partial charge on any atom is -0.473 e. The van der Waals surface area contributed by atoms with Crippen molar-refractivity contribution in [3.05, 3.63) is 42.5 Å². The van der Waals surface area contributed by atoms with Crippen molar-refractivity contribution in [2.75, 3.05) is 5.32 Å². The fraction of sp³-hybridized carbons (Fsp3) is 0.500. The first-order valence-electron chi connectivity index (χ1n) is 8.50. The molecule has 0 saturated heterocycles. The number of ether oxygens (including phenoxy) is 1. The Bertz CT molecular complexity index is 599. The maximum Gasteiger partial charge on any atom is 0.234 e. The van der Waals surface area contributed by atoms with Gasteiger partial charge in [-0.15, -0.1) is 0 Å². The minimum absolute atomic E-state index is 0.192. The highest BCUT2D eigenvalue weighted by Crippen LogP contribution is 2.24. The predicted molar refractivity (Wildman–Crippen MR) is 90.4 cm³/mol. The number of nitrogens with zero attached hydrogens (tertiary/aromatic N) is 3. The average Bonchev–Trinajstić information content (AvgIpc) is 2.62. The second-order valence-corrected chi connectivity index (χ2v) is 6.01. The highest BCUT2D eigenvalue weighted by Gasteiger charge is 2.16. The van der Waals surface area contributed by atoms with Gasteiger partial charge in [-0.25, -0.2) is 0 Å². The Morgan fingerprint density at radius 1 is 1.13 bits per heavy atom. The molecular weight excluding hydrogens is 288 g/mol. The number of aromatic nitrogens is 3. The summed E-state index contributed by atoms with van der Waals surface area (Å²) in [5.74, 6) is 1.37. The van der Waals surface area contributed by atoms with Gasteiger partial charge in [-0.1, -0.05) is 13.3 Å². The third kappa shape index (κ3) is 4.41. The normalized spacial score (nSPS) is 16.7. The second-order valence-electron chi connectivity index (χ2n) is 6.01. The lowest BCUT2D eigenvalue weighted by Crippen LogP contribution is -2.20. The van der Waals surface area contributed by atoms with Crippen LogP contribution in [0.15, 0.2) is 36.9 Å². The van der Waals surface area contributed by atoms with Crippen LogP contribution in [0.1, 0.15) is 57.1 Å². The van der Waals surface area contributed by atoms with E-state index >= 15 is 0 Å². The van der Waals surface area contributed by atoms with Gasteiger partial charge in [0.1, 0.15) is 11.9 Å². The van der Waals surface area contributed by atoms with Crippen molar-refractivity contribution < 1.29 is 4.74 Å². The summed E-state index contributed by atoms with van der Waals surface area (Å²) in [7, 11) is 0. The summed E-state index contributed by atoms with van der Waals surface area (Å²) in [5, 5.41) is 3.44. The van der Waals surface area contributed by atoms with Gasteiger partial charge in [0.15, 0.2) is 0 Å². The molecule has 1 N–H and O–H groups in total. The monoisotopic (exact) mass is 312 g/mol.